The van der Waals surface area contributed by atoms with Crippen molar-refractivity contribution in [2.45, 2.75) is 6.54 Å². The fourth-order valence-corrected chi connectivity index (χ4v) is 2.80. The number of pyridine rings is 1. The highest BCUT2D eigenvalue weighted by molar-refractivity contribution is 9.10. The van der Waals surface area contributed by atoms with Crippen LogP contribution in [0.3, 0.4) is 0 Å². The zero-order chi connectivity index (χ0) is 12.4. The maximum Gasteiger partial charge on any atom is 0.106 e. The zero-order valence-corrected chi connectivity index (χ0v) is 11.8. The lowest BCUT2D eigenvalue weighted by Gasteiger charge is -2.06. The summed E-state index contributed by atoms with van der Waals surface area (Å²) in [7, 11) is 0. The second-order valence-corrected chi connectivity index (χ2v) is 5.54. The van der Waals surface area contributed by atoms with Gasteiger partial charge in [0, 0.05) is 5.69 Å². The summed E-state index contributed by atoms with van der Waals surface area (Å²) in [4.78, 5) is 8.65. The van der Waals surface area contributed by atoms with Gasteiger partial charge in [0.15, 0.2) is 0 Å². The molecule has 2 aromatic heterocycles. The highest BCUT2D eigenvalue weighted by atomic mass is 79.9. The van der Waals surface area contributed by atoms with Crippen LogP contribution >= 0.6 is 27.3 Å². The number of aromatic nitrogens is 2. The standard InChI is InChI=1S/C13H10BrN3S/c14-13-3-1-2-10(17-13)7-15-9-4-5-11-12(6-9)18-8-16-11/h1-6,8,15H,7H2. The second kappa shape index (κ2) is 5.04. The van der Waals surface area contributed by atoms with Crippen LogP contribution in [0.25, 0.3) is 10.2 Å². The van der Waals surface area contributed by atoms with Gasteiger partial charge in [0.1, 0.15) is 4.60 Å². The van der Waals surface area contributed by atoms with E-state index in [4.69, 9.17) is 0 Å². The van der Waals surface area contributed by atoms with Gasteiger partial charge in [-0.1, -0.05) is 6.07 Å². The molecule has 0 aliphatic carbocycles. The molecule has 3 nitrogen and oxygen atoms in total. The zero-order valence-electron chi connectivity index (χ0n) is 9.43. The highest BCUT2D eigenvalue weighted by Gasteiger charge is 2.00. The molecule has 0 aliphatic rings. The SMILES string of the molecule is Brc1cccc(CNc2ccc3ncsc3c2)n1. The van der Waals surface area contributed by atoms with Gasteiger partial charge < -0.3 is 5.32 Å². The number of halogens is 1. The molecule has 1 aromatic carbocycles. The van der Waals surface area contributed by atoms with Crippen molar-refractivity contribution in [2.75, 3.05) is 5.32 Å². The molecule has 0 amide bonds. The Kier molecular flexibility index (Phi) is 3.25. The molecule has 0 aliphatic heterocycles. The fourth-order valence-electron chi connectivity index (χ4n) is 1.71. The molecule has 0 radical (unpaired) electrons. The van der Waals surface area contributed by atoms with Gasteiger partial charge in [-0.25, -0.2) is 9.97 Å². The van der Waals surface area contributed by atoms with E-state index in [9.17, 15) is 0 Å². The molecule has 18 heavy (non-hydrogen) atoms. The van der Waals surface area contributed by atoms with Crippen LogP contribution < -0.4 is 5.32 Å². The monoisotopic (exact) mass is 319 g/mol. The fraction of sp³-hybridized carbons (Fsp3) is 0.0769. The number of fused-ring (bicyclic) bond motifs is 1. The minimum atomic E-state index is 0.712. The van der Waals surface area contributed by atoms with Crippen molar-refractivity contribution in [2.24, 2.45) is 0 Å². The van der Waals surface area contributed by atoms with E-state index in [0.29, 0.717) is 6.54 Å². The maximum atomic E-state index is 4.38. The quantitative estimate of drug-likeness (QED) is 0.739. The van der Waals surface area contributed by atoms with E-state index in [-0.39, 0.29) is 0 Å². The van der Waals surface area contributed by atoms with E-state index in [0.717, 1.165) is 21.5 Å². The first-order chi connectivity index (χ1) is 8.81. The van der Waals surface area contributed by atoms with Crippen molar-refractivity contribution < 1.29 is 0 Å². The number of hydrogen-bond donors (Lipinski definition) is 1. The molecule has 0 fully saturated rings. The third-order valence-corrected chi connectivity index (χ3v) is 3.81. The summed E-state index contributed by atoms with van der Waals surface area (Å²) in [6.07, 6.45) is 0. The van der Waals surface area contributed by atoms with Gasteiger partial charge >= 0.3 is 0 Å². The number of nitrogens with one attached hydrogen (secondary N) is 1. The molecule has 0 saturated heterocycles. The normalized spacial score (nSPS) is 10.7. The lowest BCUT2D eigenvalue weighted by molar-refractivity contribution is 1.03. The Hall–Kier alpha value is -1.46. The molecule has 2 heterocycles. The smallest absolute Gasteiger partial charge is 0.106 e. The topological polar surface area (TPSA) is 37.8 Å². The number of anilines is 1. The molecule has 5 heteroatoms. The average molecular weight is 320 g/mol. The number of benzene rings is 1. The van der Waals surface area contributed by atoms with E-state index >= 15 is 0 Å². The van der Waals surface area contributed by atoms with Crippen molar-refractivity contribution in [3.8, 4) is 0 Å². The highest BCUT2D eigenvalue weighted by Crippen LogP contribution is 2.22. The summed E-state index contributed by atoms with van der Waals surface area (Å²) in [5.74, 6) is 0. The third kappa shape index (κ3) is 2.52. The summed E-state index contributed by atoms with van der Waals surface area (Å²) in [5.41, 5.74) is 5.01. The Labute approximate surface area is 117 Å². The van der Waals surface area contributed by atoms with Gasteiger partial charge in [-0.3, -0.25) is 0 Å². The van der Waals surface area contributed by atoms with Gasteiger partial charge in [-0.05, 0) is 46.3 Å². The Morgan fingerprint density at radius 1 is 1.22 bits per heavy atom. The van der Waals surface area contributed by atoms with E-state index in [1.165, 1.54) is 4.70 Å². The van der Waals surface area contributed by atoms with Gasteiger partial charge in [0.05, 0.1) is 28.0 Å². The van der Waals surface area contributed by atoms with Crippen LogP contribution in [-0.2, 0) is 6.54 Å². The first kappa shape index (κ1) is 11.6. The van der Waals surface area contributed by atoms with Crippen LogP contribution in [0.2, 0.25) is 0 Å². The van der Waals surface area contributed by atoms with Crippen molar-refractivity contribution in [1.29, 1.82) is 0 Å². The molecular formula is C13H10BrN3S. The van der Waals surface area contributed by atoms with E-state index in [1.54, 1.807) is 11.3 Å². The Morgan fingerprint density at radius 3 is 3.06 bits per heavy atom. The van der Waals surface area contributed by atoms with E-state index in [1.807, 2.05) is 35.8 Å². The predicted octanol–water partition coefficient (Wildman–Crippen LogP) is 4.07. The van der Waals surface area contributed by atoms with Crippen LogP contribution in [0.4, 0.5) is 5.69 Å². The Balaban J connectivity index is 1.76. The molecule has 3 rings (SSSR count). The average Bonchev–Trinajstić information content (AvgIpc) is 2.84. The van der Waals surface area contributed by atoms with Crippen LogP contribution in [-0.4, -0.2) is 9.97 Å². The molecule has 0 bridgehead atoms. The van der Waals surface area contributed by atoms with Crippen molar-refractivity contribution in [3.05, 3.63) is 52.2 Å². The summed E-state index contributed by atoms with van der Waals surface area (Å²) in [5, 5.41) is 3.37. The van der Waals surface area contributed by atoms with Crippen molar-refractivity contribution in [3.63, 3.8) is 0 Å². The van der Waals surface area contributed by atoms with Crippen LogP contribution in [0, 0.1) is 0 Å². The second-order valence-electron chi connectivity index (χ2n) is 3.84. The largest absolute Gasteiger partial charge is 0.379 e. The van der Waals surface area contributed by atoms with Crippen LogP contribution in [0.1, 0.15) is 5.69 Å². The lowest BCUT2D eigenvalue weighted by Crippen LogP contribution is -2.01. The molecular weight excluding hydrogens is 310 g/mol. The number of hydrogen-bond acceptors (Lipinski definition) is 4. The molecule has 1 N–H and O–H groups in total. The van der Waals surface area contributed by atoms with Gasteiger partial charge in [-0.15, -0.1) is 11.3 Å². The molecule has 90 valence electrons. The number of rotatable bonds is 3. The third-order valence-electron chi connectivity index (χ3n) is 2.58. The van der Waals surface area contributed by atoms with E-state index in [2.05, 4.69) is 37.3 Å². The first-order valence-electron chi connectivity index (χ1n) is 5.50. The maximum absolute atomic E-state index is 4.38. The Bertz CT molecular complexity index is 681. The lowest BCUT2D eigenvalue weighted by atomic mass is 10.3. The minimum absolute atomic E-state index is 0.712. The van der Waals surface area contributed by atoms with Gasteiger partial charge in [0.2, 0.25) is 0 Å². The molecule has 0 atom stereocenters. The van der Waals surface area contributed by atoms with Gasteiger partial charge in [0.25, 0.3) is 0 Å². The number of nitrogens with zero attached hydrogens (tertiary/aromatic N) is 2. The summed E-state index contributed by atoms with van der Waals surface area (Å²) >= 11 is 5.02. The van der Waals surface area contributed by atoms with E-state index < -0.39 is 0 Å². The summed E-state index contributed by atoms with van der Waals surface area (Å²) < 4.78 is 2.06. The van der Waals surface area contributed by atoms with Crippen LogP contribution in [0.15, 0.2) is 46.5 Å². The molecule has 0 spiro atoms. The first-order valence-corrected chi connectivity index (χ1v) is 7.17. The Morgan fingerprint density at radius 2 is 2.17 bits per heavy atom. The van der Waals surface area contributed by atoms with Crippen molar-refractivity contribution in [1.82, 2.24) is 9.97 Å². The molecule has 0 unspecified atom stereocenters. The predicted molar refractivity (Wildman–Crippen MR) is 78.9 cm³/mol. The van der Waals surface area contributed by atoms with Gasteiger partial charge in [-0.2, -0.15) is 0 Å². The molecule has 0 saturated carbocycles. The van der Waals surface area contributed by atoms with Crippen LogP contribution in [0.5, 0.6) is 0 Å². The minimum Gasteiger partial charge on any atom is -0.379 e. The van der Waals surface area contributed by atoms with Crippen molar-refractivity contribution >= 4 is 43.2 Å². The summed E-state index contributed by atoms with van der Waals surface area (Å²) in [6.45, 7) is 0.712. The molecule has 3 aromatic rings. The number of thiazole rings is 1. The summed E-state index contributed by atoms with van der Waals surface area (Å²) in [6, 6.07) is 12.1.